The average molecular weight is 392 g/mol. The van der Waals surface area contributed by atoms with Gasteiger partial charge in [-0.2, -0.15) is 4.31 Å². The zero-order valence-electron chi connectivity index (χ0n) is 15.2. The van der Waals surface area contributed by atoms with Crippen molar-refractivity contribution in [2.24, 2.45) is 0 Å². The highest BCUT2D eigenvalue weighted by molar-refractivity contribution is 7.88. The summed E-state index contributed by atoms with van der Waals surface area (Å²) < 4.78 is 30.4. The van der Waals surface area contributed by atoms with E-state index in [1.807, 2.05) is 18.2 Å². The third-order valence-electron chi connectivity index (χ3n) is 4.68. The molecule has 1 unspecified atom stereocenters. The summed E-state index contributed by atoms with van der Waals surface area (Å²) >= 11 is 0. The summed E-state index contributed by atoms with van der Waals surface area (Å²) in [6, 6.07) is 14.4. The van der Waals surface area contributed by atoms with Crippen LogP contribution in [-0.4, -0.2) is 73.8 Å². The molecule has 1 aliphatic rings. The first-order valence-electron chi connectivity index (χ1n) is 8.80. The number of ether oxygens (including phenoxy) is 1. The number of rotatable bonds is 7. The molecule has 8 heteroatoms. The highest BCUT2D eigenvalue weighted by Gasteiger charge is 2.28. The topological polar surface area (TPSA) is 87.2 Å². The number of fused-ring (bicyclic) bond motifs is 1. The number of carbonyl (C=O) groups is 1. The molecule has 1 aliphatic heterocycles. The van der Waals surface area contributed by atoms with Crippen LogP contribution in [0.5, 0.6) is 0 Å². The van der Waals surface area contributed by atoms with Crippen LogP contribution in [0.3, 0.4) is 0 Å². The van der Waals surface area contributed by atoms with Gasteiger partial charge in [-0.25, -0.2) is 8.42 Å². The Morgan fingerprint density at radius 3 is 2.74 bits per heavy atom. The lowest BCUT2D eigenvalue weighted by atomic mass is 10.0. The number of nitrogens with zero attached hydrogens (tertiary/aromatic N) is 2. The van der Waals surface area contributed by atoms with Crippen molar-refractivity contribution >= 4 is 26.8 Å². The van der Waals surface area contributed by atoms with E-state index in [2.05, 4.69) is 29.2 Å². The number of carboxylic acids is 1. The van der Waals surface area contributed by atoms with Gasteiger partial charge in [0.2, 0.25) is 10.0 Å². The van der Waals surface area contributed by atoms with Gasteiger partial charge in [-0.05, 0) is 16.3 Å². The van der Waals surface area contributed by atoms with Crippen molar-refractivity contribution in [2.75, 3.05) is 39.0 Å². The minimum atomic E-state index is -3.61. The number of benzene rings is 2. The molecule has 1 atom stereocenters. The van der Waals surface area contributed by atoms with E-state index >= 15 is 0 Å². The molecule has 0 aliphatic carbocycles. The van der Waals surface area contributed by atoms with Crippen LogP contribution in [0.1, 0.15) is 5.56 Å². The highest BCUT2D eigenvalue weighted by atomic mass is 32.2. The number of aliphatic carboxylic acids is 1. The van der Waals surface area contributed by atoms with Gasteiger partial charge in [0.15, 0.2) is 0 Å². The molecule has 0 bridgehead atoms. The van der Waals surface area contributed by atoms with E-state index in [9.17, 15) is 13.2 Å². The smallest absolute Gasteiger partial charge is 0.318 e. The van der Waals surface area contributed by atoms with E-state index in [1.54, 1.807) is 0 Å². The third-order valence-corrected chi connectivity index (χ3v) is 5.90. The zero-order valence-corrected chi connectivity index (χ0v) is 16.1. The van der Waals surface area contributed by atoms with Crippen LogP contribution >= 0.6 is 0 Å². The Morgan fingerprint density at radius 1 is 1.26 bits per heavy atom. The largest absolute Gasteiger partial charge is 0.480 e. The fourth-order valence-electron chi connectivity index (χ4n) is 3.40. The molecule has 0 saturated carbocycles. The summed E-state index contributed by atoms with van der Waals surface area (Å²) in [5.74, 6) is -1.18. The van der Waals surface area contributed by atoms with Crippen molar-refractivity contribution in [3.8, 4) is 0 Å². The van der Waals surface area contributed by atoms with Crippen LogP contribution in [0, 0.1) is 0 Å². The van der Waals surface area contributed by atoms with Crippen LogP contribution in [-0.2, 0) is 26.1 Å². The van der Waals surface area contributed by atoms with Gasteiger partial charge >= 0.3 is 5.97 Å². The molecule has 0 amide bonds. The average Bonchev–Trinajstić information content (AvgIpc) is 2.61. The van der Waals surface area contributed by atoms with Gasteiger partial charge in [0, 0.05) is 26.2 Å². The van der Waals surface area contributed by atoms with Crippen molar-refractivity contribution in [3.05, 3.63) is 48.0 Å². The molecular weight excluding hydrogens is 368 g/mol. The molecule has 2 aromatic rings. The summed E-state index contributed by atoms with van der Waals surface area (Å²) in [7, 11) is -3.61. The molecular formula is C19H24N2O5S. The monoisotopic (exact) mass is 392 g/mol. The third kappa shape index (κ3) is 5.26. The standard InChI is InChI=1S/C19H24N2O5S/c1-27(24,25)21(14-19(22)23)13-17-12-20(9-10-26-17)11-16-7-4-6-15-5-2-3-8-18(15)16/h2-8,17H,9-14H2,1H3,(H,22,23). The Kier molecular flexibility index (Phi) is 6.11. The van der Waals surface area contributed by atoms with Gasteiger partial charge in [0.1, 0.15) is 6.54 Å². The van der Waals surface area contributed by atoms with Crippen LogP contribution in [0.2, 0.25) is 0 Å². The fourth-order valence-corrected chi connectivity index (χ4v) is 4.18. The van der Waals surface area contributed by atoms with Gasteiger partial charge in [0.05, 0.1) is 19.0 Å². The van der Waals surface area contributed by atoms with Gasteiger partial charge in [-0.1, -0.05) is 42.5 Å². The molecule has 0 spiro atoms. The molecule has 0 aromatic heterocycles. The minimum absolute atomic E-state index is 0.0389. The lowest BCUT2D eigenvalue weighted by Crippen LogP contribution is -2.49. The first-order valence-corrected chi connectivity index (χ1v) is 10.7. The second-order valence-electron chi connectivity index (χ2n) is 6.82. The molecule has 27 heavy (non-hydrogen) atoms. The first kappa shape index (κ1) is 19.8. The van der Waals surface area contributed by atoms with E-state index in [4.69, 9.17) is 9.84 Å². The molecule has 2 aromatic carbocycles. The predicted octanol–water partition coefficient (Wildman–Crippen LogP) is 1.39. The molecule has 7 nitrogen and oxygen atoms in total. The van der Waals surface area contributed by atoms with Crippen molar-refractivity contribution < 1.29 is 23.1 Å². The van der Waals surface area contributed by atoms with E-state index in [1.165, 1.54) is 16.3 Å². The first-order chi connectivity index (χ1) is 12.8. The van der Waals surface area contributed by atoms with Crippen LogP contribution in [0.25, 0.3) is 10.8 Å². The van der Waals surface area contributed by atoms with Gasteiger partial charge in [-0.15, -0.1) is 0 Å². The number of hydrogen-bond acceptors (Lipinski definition) is 5. The summed E-state index contributed by atoms with van der Waals surface area (Å²) in [4.78, 5) is 13.2. The van der Waals surface area contributed by atoms with Gasteiger partial charge in [0.25, 0.3) is 0 Å². The predicted molar refractivity (Wildman–Crippen MR) is 103 cm³/mol. The number of morpholine rings is 1. The SMILES string of the molecule is CS(=O)(=O)N(CC(=O)O)CC1CN(Cc2cccc3ccccc23)CCO1. The Labute approximate surface area is 159 Å². The maximum Gasteiger partial charge on any atom is 0.318 e. The van der Waals surface area contributed by atoms with Gasteiger partial charge < -0.3 is 9.84 Å². The second-order valence-corrected chi connectivity index (χ2v) is 8.80. The Bertz CT molecular complexity index is 910. The molecule has 3 rings (SSSR count). The maximum atomic E-state index is 11.9. The molecule has 146 valence electrons. The van der Waals surface area contributed by atoms with Crippen LogP contribution in [0.15, 0.2) is 42.5 Å². The maximum absolute atomic E-state index is 11.9. The molecule has 1 heterocycles. The summed E-state index contributed by atoms with van der Waals surface area (Å²) in [5.41, 5.74) is 1.21. The number of sulfonamides is 1. The highest BCUT2D eigenvalue weighted by Crippen LogP contribution is 2.21. The normalized spacial score (nSPS) is 18.8. The Balaban J connectivity index is 1.69. The van der Waals surface area contributed by atoms with Crippen LogP contribution in [0.4, 0.5) is 0 Å². The lowest BCUT2D eigenvalue weighted by molar-refractivity contribution is -0.137. The van der Waals surface area contributed by atoms with E-state index in [0.29, 0.717) is 13.2 Å². The summed E-state index contributed by atoms with van der Waals surface area (Å²) in [6.45, 7) is 2.00. The van der Waals surface area contributed by atoms with E-state index in [0.717, 1.165) is 23.7 Å². The minimum Gasteiger partial charge on any atom is -0.480 e. The van der Waals surface area contributed by atoms with Crippen molar-refractivity contribution in [1.82, 2.24) is 9.21 Å². The summed E-state index contributed by atoms with van der Waals surface area (Å²) in [5, 5.41) is 11.4. The quantitative estimate of drug-likeness (QED) is 0.766. The molecule has 1 fully saturated rings. The van der Waals surface area contributed by atoms with Crippen molar-refractivity contribution in [3.63, 3.8) is 0 Å². The fraction of sp³-hybridized carbons (Fsp3) is 0.421. The number of hydrogen-bond donors (Lipinski definition) is 1. The second kappa shape index (κ2) is 8.35. The van der Waals surface area contributed by atoms with Crippen LogP contribution < -0.4 is 0 Å². The van der Waals surface area contributed by atoms with Crippen molar-refractivity contribution in [1.29, 1.82) is 0 Å². The summed E-state index contributed by atoms with van der Waals surface area (Å²) in [6.07, 6.45) is 0.662. The van der Waals surface area contributed by atoms with Gasteiger partial charge in [-0.3, -0.25) is 9.69 Å². The van der Waals surface area contributed by atoms with E-state index < -0.39 is 22.5 Å². The molecule has 0 radical (unpaired) electrons. The Hall–Kier alpha value is -2.00. The van der Waals surface area contributed by atoms with E-state index in [-0.39, 0.29) is 12.6 Å². The Morgan fingerprint density at radius 2 is 2.00 bits per heavy atom. The van der Waals surface area contributed by atoms with Crippen molar-refractivity contribution in [2.45, 2.75) is 12.6 Å². The molecule has 1 saturated heterocycles. The molecule has 1 N–H and O–H groups in total. The zero-order chi connectivity index (χ0) is 19.4. The number of carboxylic acid groups (broad SMARTS) is 1. The lowest BCUT2D eigenvalue weighted by Gasteiger charge is -2.35.